The summed E-state index contributed by atoms with van der Waals surface area (Å²) >= 11 is 0. The lowest BCUT2D eigenvalue weighted by molar-refractivity contribution is 0.410. The molecule has 0 amide bonds. The Morgan fingerprint density at radius 3 is 2.93 bits per heavy atom. The van der Waals surface area contributed by atoms with E-state index >= 15 is 0 Å². The van der Waals surface area contributed by atoms with Gasteiger partial charge in [0.1, 0.15) is 5.82 Å². The quantitative estimate of drug-likeness (QED) is 0.816. The zero-order valence-corrected chi connectivity index (χ0v) is 8.47. The van der Waals surface area contributed by atoms with Crippen molar-refractivity contribution in [2.24, 2.45) is 0 Å². The minimum absolute atomic E-state index is 0.703. The number of nitrogens with one attached hydrogen (secondary N) is 1. The van der Waals surface area contributed by atoms with E-state index in [1.54, 1.807) is 0 Å². The van der Waals surface area contributed by atoms with Crippen molar-refractivity contribution in [3.8, 4) is 0 Å². The molecule has 0 bridgehead atoms. The third-order valence-electron chi connectivity index (χ3n) is 1.97. The second-order valence-electron chi connectivity index (χ2n) is 3.24. The van der Waals surface area contributed by atoms with Gasteiger partial charge in [-0.2, -0.15) is 4.98 Å². The smallest absolute Gasteiger partial charge is 0.213 e. The minimum atomic E-state index is 0.703. The Bertz CT molecular complexity index is 396. The first-order chi connectivity index (χ1) is 7.34. The van der Waals surface area contributed by atoms with Gasteiger partial charge in [-0.1, -0.05) is 11.2 Å². The summed E-state index contributed by atoms with van der Waals surface area (Å²) in [5, 5.41) is 6.89. The maximum Gasteiger partial charge on any atom is 0.213 e. The lowest BCUT2D eigenvalue weighted by Gasteiger charge is -2.03. The normalized spacial score (nSPS) is 10.2. The van der Waals surface area contributed by atoms with E-state index < -0.39 is 0 Å². The van der Waals surface area contributed by atoms with Crippen LogP contribution in [0.1, 0.15) is 11.4 Å². The number of rotatable bonds is 4. The van der Waals surface area contributed by atoms with Crippen molar-refractivity contribution in [2.75, 3.05) is 11.9 Å². The molecule has 0 unspecified atom stereocenters. The van der Waals surface area contributed by atoms with E-state index in [9.17, 15) is 0 Å². The lowest BCUT2D eigenvalue weighted by atomic mass is 10.3. The molecule has 0 radical (unpaired) electrons. The van der Waals surface area contributed by atoms with Gasteiger partial charge in [-0.15, -0.1) is 0 Å². The van der Waals surface area contributed by atoms with E-state index in [1.807, 2.05) is 25.3 Å². The summed E-state index contributed by atoms with van der Waals surface area (Å²) < 4.78 is 4.63. The summed E-state index contributed by atoms with van der Waals surface area (Å²) in [5.41, 5.74) is 1.15. The van der Waals surface area contributed by atoms with Gasteiger partial charge in [0, 0.05) is 19.2 Å². The SMILES string of the molecule is Cc1ccc(NCCc2ncon2)nc1. The summed E-state index contributed by atoms with van der Waals surface area (Å²) in [6, 6.07) is 3.97. The molecule has 0 aliphatic rings. The van der Waals surface area contributed by atoms with Gasteiger partial charge in [0.05, 0.1) is 0 Å². The highest BCUT2D eigenvalue weighted by molar-refractivity contribution is 5.35. The van der Waals surface area contributed by atoms with Crippen molar-refractivity contribution in [1.29, 1.82) is 0 Å². The Morgan fingerprint density at radius 1 is 1.33 bits per heavy atom. The molecule has 0 saturated carbocycles. The van der Waals surface area contributed by atoms with E-state index in [2.05, 4.69) is 25.0 Å². The summed E-state index contributed by atoms with van der Waals surface area (Å²) in [4.78, 5) is 8.15. The fourth-order valence-corrected chi connectivity index (χ4v) is 1.18. The summed E-state index contributed by atoms with van der Waals surface area (Å²) in [6.45, 7) is 2.76. The van der Waals surface area contributed by atoms with Crippen LogP contribution in [0.25, 0.3) is 0 Å². The highest BCUT2D eigenvalue weighted by Crippen LogP contribution is 2.03. The van der Waals surface area contributed by atoms with Gasteiger partial charge in [0.2, 0.25) is 6.39 Å². The van der Waals surface area contributed by atoms with E-state index in [0.29, 0.717) is 5.82 Å². The Morgan fingerprint density at radius 2 is 2.27 bits per heavy atom. The molecule has 0 saturated heterocycles. The topological polar surface area (TPSA) is 63.8 Å². The first-order valence-corrected chi connectivity index (χ1v) is 4.76. The van der Waals surface area contributed by atoms with Gasteiger partial charge in [-0.3, -0.25) is 0 Å². The maximum atomic E-state index is 4.63. The number of pyridine rings is 1. The van der Waals surface area contributed by atoms with E-state index in [4.69, 9.17) is 0 Å². The standard InChI is InChI=1S/C10H12N4O/c1-8-2-3-9(12-6-8)11-5-4-10-13-7-15-14-10/h2-3,6-7H,4-5H2,1H3,(H,11,12). The van der Waals surface area contributed by atoms with Crippen LogP contribution in [0.15, 0.2) is 29.2 Å². The molecule has 15 heavy (non-hydrogen) atoms. The second kappa shape index (κ2) is 4.54. The van der Waals surface area contributed by atoms with E-state index in [-0.39, 0.29) is 0 Å². The molecular weight excluding hydrogens is 192 g/mol. The first-order valence-electron chi connectivity index (χ1n) is 4.76. The maximum absolute atomic E-state index is 4.63. The number of aromatic nitrogens is 3. The molecule has 0 atom stereocenters. The van der Waals surface area contributed by atoms with Crippen LogP contribution in [0.4, 0.5) is 5.82 Å². The van der Waals surface area contributed by atoms with Crippen LogP contribution in [0.2, 0.25) is 0 Å². The largest absolute Gasteiger partial charge is 0.370 e. The summed E-state index contributed by atoms with van der Waals surface area (Å²) in [6.07, 6.45) is 3.89. The molecule has 1 N–H and O–H groups in total. The Labute approximate surface area is 87.5 Å². The predicted molar refractivity (Wildman–Crippen MR) is 55.5 cm³/mol. The van der Waals surface area contributed by atoms with Crippen LogP contribution in [0.3, 0.4) is 0 Å². The number of aryl methyl sites for hydroxylation is 1. The van der Waals surface area contributed by atoms with Crippen LogP contribution in [-0.4, -0.2) is 21.7 Å². The molecule has 0 aliphatic carbocycles. The Hall–Kier alpha value is -1.91. The summed E-state index contributed by atoms with van der Waals surface area (Å²) in [5.74, 6) is 1.57. The zero-order valence-electron chi connectivity index (χ0n) is 8.47. The van der Waals surface area contributed by atoms with Gasteiger partial charge in [-0.05, 0) is 18.6 Å². The average Bonchev–Trinajstić information content (AvgIpc) is 2.74. The molecule has 0 fully saturated rings. The van der Waals surface area contributed by atoms with Crippen molar-refractivity contribution in [2.45, 2.75) is 13.3 Å². The van der Waals surface area contributed by atoms with E-state index in [0.717, 1.165) is 24.3 Å². The fraction of sp³-hybridized carbons (Fsp3) is 0.300. The number of hydrogen-bond acceptors (Lipinski definition) is 5. The monoisotopic (exact) mass is 204 g/mol. The van der Waals surface area contributed by atoms with Crippen molar-refractivity contribution in [3.05, 3.63) is 36.1 Å². The van der Waals surface area contributed by atoms with Gasteiger partial charge in [0.15, 0.2) is 5.82 Å². The Kier molecular flexibility index (Phi) is 2.92. The molecule has 2 aromatic heterocycles. The van der Waals surface area contributed by atoms with Crippen LogP contribution in [0, 0.1) is 6.92 Å². The van der Waals surface area contributed by atoms with Crippen molar-refractivity contribution >= 4 is 5.82 Å². The highest BCUT2D eigenvalue weighted by atomic mass is 16.5. The number of hydrogen-bond donors (Lipinski definition) is 1. The molecule has 5 nitrogen and oxygen atoms in total. The average molecular weight is 204 g/mol. The minimum Gasteiger partial charge on any atom is -0.370 e. The van der Waals surface area contributed by atoms with Crippen LogP contribution < -0.4 is 5.32 Å². The van der Waals surface area contributed by atoms with E-state index in [1.165, 1.54) is 6.39 Å². The van der Waals surface area contributed by atoms with Crippen molar-refractivity contribution < 1.29 is 4.52 Å². The molecule has 0 spiro atoms. The lowest BCUT2D eigenvalue weighted by Crippen LogP contribution is -2.07. The third-order valence-corrected chi connectivity index (χ3v) is 1.97. The van der Waals surface area contributed by atoms with Gasteiger partial charge >= 0.3 is 0 Å². The fourth-order valence-electron chi connectivity index (χ4n) is 1.18. The molecule has 2 heterocycles. The first kappa shape index (κ1) is 9.64. The number of anilines is 1. The molecule has 2 rings (SSSR count). The van der Waals surface area contributed by atoms with Crippen LogP contribution >= 0.6 is 0 Å². The molecule has 0 aliphatic heterocycles. The van der Waals surface area contributed by atoms with Crippen molar-refractivity contribution in [3.63, 3.8) is 0 Å². The van der Waals surface area contributed by atoms with Gasteiger partial charge < -0.3 is 9.84 Å². The molecule has 0 aromatic carbocycles. The van der Waals surface area contributed by atoms with Gasteiger partial charge in [-0.25, -0.2) is 4.98 Å². The molecule has 5 heteroatoms. The molecule has 2 aromatic rings. The van der Waals surface area contributed by atoms with Gasteiger partial charge in [0.25, 0.3) is 0 Å². The molecular formula is C10H12N4O. The van der Waals surface area contributed by atoms with Crippen LogP contribution in [-0.2, 0) is 6.42 Å². The highest BCUT2D eigenvalue weighted by Gasteiger charge is 1.98. The van der Waals surface area contributed by atoms with Crippen molar-refractivity contribution in [1.82, 2.24) is 15.1 Å². The van der Waals surface area contributed by atoms with Crippen LogP contribution in [0.5, 0.6) is 0 Å². The predicted octanol–water partition coefficient (Wildman–Crippen LogP) is 1.43. The third kappa shape index (κ3) is 2.77. The summed E-state index contributed by atoms with van der Waals surface area (Å²) in [7, 11) is 0. The zero-order chi connectivity index (χ0) is 10.5. The number of nitrogens with zero attached hydrogens (tertiary/aromatic N) is 3. The molecule has 78 valence electrons. The second-order valence-corrected chi connectivity index (χ2v) is 3.24. The Balaban J connectivity index is 1.81.